The number of rotatable bonds is 3. The van der Waals surface area contributed by atoms with Crippen molar-refractivity contribution in [1.29, 1.82) is 0 Å². The molecule has 3 aromatic rings. The van der Waals surface area contributed by atoms with Crippen LogP contribution in [0.25, 0.3) is 10.9 Å². The van der Waals surface area contributed by atoms with Crippen molar-refractivity contribution in [3.05, 3.63) is 59.3 Å². The number of carbonyl (C=O) groups excluding carboxylic acids is 1. The minimum Gasteiger partial charge on any atom is -0.463 e. The van der Waals surface area contributed by atoms with Crippen molar-refractivity contribution in [3.63, 3.8) is 0 Å². The molecule has 1 aromatic heterocycles. The van der Waals surface area contributed by atoms with Crippen LogP contribution >= 0.6 is 0 Å². The van der Waals surface area contributed by atoms with Crippen molar-refractivity contribution in [2.45, 2.75) is 33.6 Å². The summed E-state index contributed by atoms with van der Waals surface area (Å²) in [5, 5.41) is 5.53. The molecule has 0 aliphatic carbocycles. The highest BCUT2D eigenvalue weighted by atomic mass is 16.5. The Morgan fingerprint density at radius 1 is 1.12 bits per heavy atom. The summed E-state index contributed by atoms with van der Waals surface area (Å²) in [6.07, 6.45) is 3.49. The predicted octanol–water partition coefficient (Wildman–Crippen LogP) is 4.22. The molecule has 0 atom stereocenters. The molecule has 5 heteroatoms. The summed E-state index contributed by atoms with van der Waals surface area (Å²) in [5.74, 6) is -0.345. The second-order valence-electron chi connectivity index (χ2n) is 6.15. The lowest BCUT2D eigenvalue weighted by molar-refractivity contribution is -0.133. The van der Waals surface area contributed by atoms with Crippen molar-refractivity contribution >= 4 is 28.4 Å². The minimum atomic E-state index is -0.511. The van der Waals surface area contributed by atoms with E-state index < -0.39 is 5.97 Å². The number of esters is 1. The zero-order valence-electron chi connectivity index (χ0n) is 15.6. The zero-order chi connectivity index (χ0) is 18.7. The van der Waals surface area contributed by atoms with Gasteiger partial charge >= 0.3 is 5.97 Å². The Morgan fingerprint density at radius 2 is 1.77 bits per heavy atom. The first-order chi connectivity index (χ1) is 12.6. The Hall–Kier alpha value is -2.95. The number of nitrogens with zero attached hydrogens (tertiary/aromatic N) is 3. The minimum absolute atomic E-state index is 0.165. The van der Waals surface area contributed by atoms with Crippen molar-refractivity contribution < 1.29 is 9.53 Å². The van der Waals surface area contributed by atoms with E-state index in [2.05, 4.69) is 18.9 Å². The molecule has 0 saturated carbocycles. The highest BCUT2D eigenvalue weighted by molar-refractivity contribution is 6.36. The first-order valence-corrected chi connectivity index (χ1v) is 8.82. The molecule has 134 valence electrons. The SMILES string of the molecule is CCc1cccc(CC)c1N=C(C(=O)OC)n1cc2cccc(C)c2n1. The predicted molar refractivity (Wildman–Crippen MR) is 104 cm³/mol. The van der Waals surface area contributed by atoms with Gasteiger partial charge in [0.2, 0.25) is 5.84 Å². The number of aromatic nitrogens is 2. The second kappa shape index (κ2) is 7.52. The molecule has 5 nitrogen and oxygen atoms in total. The van der Waals surface area contributed by atoms with Gasteiger partial charge in [-0.2, -0.15) is 5.10 Å². The third kappa shape index (κ3) is 3.25. The lowest BCUT2D eigenvalue weighted by Gasteiger charge is -2.11. The van der Waals surface area contributed by atoms with E-state index in [1.807, 2.05) is 49.5 Å². The number of fused-ring (bicyclic) bond motifs is 1. The molecule has 0 amide bonds. The number of aliphatic imine (C=N–C) groups is 1. The van der Waals surface area contributed by atoms with E-state index in [0.717, 1.165) is 46.1 Å². The normalized spacial score (nSPS) is 11.8. The van der Waals surface area contributed by atoms with Gasteiger partial charge in [-0.05, 0) is 36.5 Å². The van der Waals surface area contributed by atoms with E-state index in [4.69, 9.17) is 9.73 Å². The fourth-order valence-electron chi connectivity index (χ4n) is 3.05. The monoisotopic (exact) mass is 349 g/mol. The number of aryl methyl sites for hydroxylation is 3. The molecule has 0 aliphatic heterocycles. The van der Waals surface area contributed by atoms with Gasteiger partial charge in [-0.15, -0.1) is 0 Å². The molecule has 0 radical (unpaired) electrons. The van der Waals surface area contributed by atoms with Crippen molar-refractivity contribution in [3.8, 4) is 0 Å². The van der Waals surface area contributed by atoms with Crippen LogP contribution in [0.2, 0.25) is 0 Å². The van der Waals surface area contributed by atoms with Gasteiger partial charge in [-0.1, -0.05) is 50.2 Å². The molecule has 0 N–H and O–H groups in total. The molecule has 0 unspecified atom stereocenters. The average Bonchev–Trinajstić information content (AvgIpc) is 3.10. The molecule has 0 bridgehead atoms. The van der Waals surface area contributed by atoms with Crippen LogP contribution in [0.15, 0.2) is 47.6 Å². The van der Waals surface area contributed by atoms with E-state index in [-0.39, 0.29) is 5.84 Å². The van der Waals surface area contributed by atoms with Crippen molar-refractivity contribution in [2.24, 2.45) is 4.99 Å². The average molecular weight is 349 g/mol. The Balaban J connectivity index is 2.22. The Kier molecular flexibility index (Phi) is 5.16. The molecule has 2 aromatic carbocycles. The van der Waals surface area contributed by atoms with Crippen LogP contribution in [-0.2, 0) is 22.4 Å². The fourth-order valence-corrected chi connectivity index (χ4v) is 3.05. The van der Waals surface area contributed by atoms with Gasteiger partial charge in [-0.3, -0.25) is 0 Å². The lowest BCUT2D eigenvalue weighted by atomic mass is 10.0. The molecular weight excluding hydrogens is 326 g/mol. The van der Waals surface area contributed by atoms with E-state index in [0.29, 0.717) is 0 Å². The van der Waals surface area contributed by atoms with Gasteiger partial charge in [0.25, 0.3) is 0 Å². The standard InChI is InChI=1S/C21H23N3O2/c1-5-15-10-8-11-16(6-2)19(15)22-20(21(25)26-4)24-13-17-12-7-9-14(3)18(17)23-24/h7-13H,5-6H2,1-4H3. The molecular formula is C21H23N3O2. The first kappa shape index (κ1) is 17.9. The summed E-state index contributed by atoms with van der Waals surface area (Å²) >= 11 is 0. The molecule has 26 heavy (non-hydrogen) atoms. The molecule has 0 saturated heterocycles. The number of benzene rings is 2. The van der Waals surface area contributed by atoms with Crippen molar-refractivity contribution in [2.75, 3.05) is 7.11 Å². The molecule has 0 aliphatic rings. The summed E-state index contributed by atoms with van der Waals surface area (Å²) in [7, 11) is 1.36. The molecule has 1 heterocycles. The quantitative estimate of drug-likeness (QED) is 0.404. The highest BCUT2D eigenvalue weighted by Crippen LogP contribution is 2.26. The number of para-hydroxylation sites is 1. The van der Waals surface area contributed by atoms with Gasteiger partial charge in [-0.25, -0.2) is 14.5 Å². The van der Waals surface area contributed by atoms with E-state index >= 15 is 0 Å². The van der Waals surface area contributed by atoms with Crippen LogP contribution in [0.5, 0.6) is 0 Å². The number of hydrogen-bond donors (Lipinski definition) is 0. The second-order valence-corrected chi connectivity index (χ2v) is 6.15. The van der Waals surface area contributed by atoms with Crippen LogP contribution < -0.4 is 0 Å². The van der Waals surface area contributed by atoms with E-state index in [1.165, 1.54) is 11.8 Å². The Morgan fingerprint density at radius 3 is 2.35 bits per heavy atom. The molecule has 0 fully saturated rings. The highest BCUT2D eigenvalue weighted by Gasteiger charge is 2.19. The maximum Gasteiger partial charge on any atom is 0.376 e. The summed E-state index contributed by atoms with van der Waals surface area (Å²) in [6.45, 7) is 6.16. The largest absolute Gasteiger partial charge is 0.463 e. The van der Waals surface area contributed by atoms with Crippen LogP contribution in [-0.4, -0.2) is 28.7 Å². The number of ether oxygens (including phenoxy) is 1. The van der Waals surface area contributed by atoms with Crippen molar-refractivity contribution in [1.82, 2.24) is 9.78 Å². The van der Waals surface area contributed by atoms with Gasteiger partial charge in [0.15, 0.2) is 0 Å². The lowest BCUT2D eigenvalue weighted by Crippen LogP contribution is -2.24. The molecule has 0 spiro atoms. The number of carbonyl (C=O) groups is 1. The smallest absolute Gasteiger partial charge is 0.376 e. The van der Waals surface area contributed by atoms with Crippen LogP contribution in [0.1, 0.15) is 30.5 Å². The van der Waals surface area contributed by atoms with E-state index in [1.54, 1.807) is 0 Å². The third-order valence-corrected chi connectivity index (χ3v) is 4.51. The maximum atomic E-state index is 12.5. The Labute approximate surface area is 153 Å². The summed E-state index contributed by atoms with van der Waals surface area (Å²) in [5.41, 5.74) is 4.92. The van der Waals surface area contributed by atoms with Gasteiger partial charge in [0, 0.05) is 11.6 Å². The van der Waals surface area contributed by atoms with Gasteiger partial charge in [0.1, 0.15) is 0 Å². The van der Waals surface area contributed by atoms with Crippen LogP contribution in [0, 0.1) is 6.92 Å². The first-order valence-electron chi connectivity index (χ1n) is 8.82. The van der Waals surface area contributed by atoms with Gasteiger partial charge in [0.05, 0.1) is 18.3 Å². The van der Waals surface area contributed by atoms with E-state index in [9.17, 15) is 4.79 Å². The summed E-state index contributed by atoms with van der Waals surface area (Å²) < 4.78 is 6.50. The summed E-state index contributed by atoms with van der Waals surface area (Å²) in [6, 6.07) is 12.0. The summed E-state index contributed by atoms with van der Waals surface area (Å²) in [4.78, 5) is 17.2. The topological polar surface area (TPSA) is 56.5 Å². The maximum absolute atomic E-state index is 12.5. The zero-order valence-corrected chi connectivity index (χ0v) is 15.6. The van der Waals surface area contributed by atoms with Crippen LogP contribution in [0.3, 0.4) is 0 Å². The third-order valence-electron chi connectivity index (χ3n) is 4.51. The van der Waals surface area contributed by atoms with Crippen LogP contribution in [0.4, 0.5) is 5.69 Å². The fraction of sp³-hybridized carbons (Fsp3) is 0.286. The number of methoxy groups -OCH3 is 1. The Bertz CT molecular complexity index is 964. The van der Waals surface area contributed by atoms with Gasteiger partial charge < -0.3 is 4.74 Å². The number of hydrogen-bond acceptors (Lipinski definition) is 4. The molecule has 3 rings (SSSR count).